The zero-order valence-corrected chi connectivity index (χ0v) is 12.2. The van der Waals surface area contributed by atoms with Crippen LogP contribution in [0.15, 0.2) is 30.3 Å². The number of carbonyl (C=O) groups is 1. The van der Waals surface area contributed by atoms with Gasteiger partial charge in [-0.05, 0) is 31.9 Å². The van der Waals surface area contributed by atoms with Gasteiger partial charge in [0.25, 0.3) is 0 Å². The fourth-order valence-electron chi connectivity index (χ4n) is 2.17. The molecule has 0 heterocycles. The second-order valence-electron chi connectivity index (χ2n) is 4.75. The van der Waals surface area contributed by atoms with Crippen molar-refractivity contribution in [3.05, 3.63) is 30.3 Å². The highest BCUT2D eigenvalue weighted by Gasteiger charge is 2.37. The number of nitrogens with one attached hydrogen (secondary N) is 1. The number of hydrogen-bond acceptors (Lipinski definition) is 3. The van der Waals surface area contributed by atoms with Crippen molar-refractivity contribution in [3.8, 4) is 0 Å². The predicted octanol–water partition coefficient (Wildman–Crippen LogP) is 4.00. The number of carbonyl (C=O) groups excluding carboxylic acids is 1. The van der Waals surface area contributed by atoms with E-state index in [1.807, 2.05) is 44.2 Å². The van der Waals surface area contributed by atoms with Crippen molar-refractivity contribution >= 4 is 11.7 Å². The lowest BCUT2D eigenvalue weighted by Gasteiger charge is -2.32. The first-order valence-electron chi connectivity index (χ1n) is 7.19. The maximum Gasteiger partial charge on any atom is 0.331 e. The van der Waals surface area contributed by atoms with Crippen LogP contribution in [0, 0.1) is 0 Å². The molecule has 1 unspecified atom stereocenters. The summed E-state index contributed by atoms with van der Waals surface area (Å²) in [5.41, 5.74) is 0.362. The number of para-hydroxylation sites is 1. The fourth-order valence-corrected chi connectivity index (χ4v) is 2.17. The number of rotatable bonds is 8. The Morgan fingerprint density at radius 3 is 2.42 bits per heavy atom. The van der Waals surface area contributed by atoms with Crippen LogP contribution >= 0.6 is 0 Å². The van der Waals surface area contributed by atoms with Gasteiger partial charge in [0.05, 0.1) is 6.61 Å². The van der Waals surface area contributed by atoms with Crippen molar-refractivity contribution in [1.29, 1.82) is 0 Å². The van der Waals surface area contributed by atoms with Gasteiger partial charge in [0.15, 0.2) is 0 Å². The number of hydrogen-bond donors (Lipinski definition) is 1. The van der Waals surface area contributed by atoms with Crippen LogP contribution in [-0.4, -0.2) is 18.1 Å². The van der Waals surface area contributed by atoms with Gasteiger partial charge in [-0.3, -0.25) is 0 Å². The minimum absolute atomic E-state index is 0.144. The van der Waals surface area contributed by atoms with E-state index < -0.39 is 5.54 Å². The third-order valence-electron chi connectivity index (χ3n) is 3.38. The molecule has 0 aromatic heterocycles. The van der Waals surface area contributed by atoms with Crippen LogP contribution in [0.3, 0.4) is 0 Å². The summed E-state index contributed by atoms with van der Waals surface area (Å²) >= 11 is 0. The Balaban J connectivity index is 2.91. The van der Waals surface area contributed by atoms with Crippen LogP contribution in [0.2, 0.25) is 0 Å². The highest BCUT2D eigenvalue weighted by atomic mass is 16.5. The molecule has 1 rings (SSSR count). The molecule has 0 saturated heterocycles. The maximum absolute atomic E-state index is 12.3. The van der Waals surface area contributed by atoms with E-state index in [1.54, 1.807) is 0 Å². The first-order valence-corrected chi connectivity index (χ1v) is 7.19. The van der Waals surface area contributed by atoms with Gasteiger partial charge in [-0.1, -0.05) is 44.9 Å². The minimum atomic E-state index is -0.604. The lowest BCUT2D eigenvalue weighted by molar-refractivity contribution is -0.149. The maximum atomic E-state index is 12.3. The van der Waals surface area contributed by atoms with E-state index in [0.717, 1.165) is 31.4 Å². The van der Waals surface area contributed by atoms with Crippen molar-refractivity contribution in [1.82, 2.24) is 0 Å². The Hall–Kier alpha value is -1.51. The Morgan fingerprint density at radius 1 is 1.21 bits per heavy atom. The third-order valence-corrected chi connectivity index (χ3v) is 3.38. The quantitative estimate of drug-likeness (QED) is 0.720. The molecule has 0 aliphatic rings. The molecule has 19 heavy (non-hydrogen) atoms. The molecule has 0 aliphatic heterocycles. The van der Waals surface area contributed by atoms with Gasteiger partial charge in [-0.25, -0.2) is 4.79 Å². The van der Waals surface area contributed by atoms with Gasteiger partial charge in [-0.15, -0.1) is 0 Å². The summed E-state index contributed by atoms with van der Waals surface area (Å²) in [5.74, 6) is -0.144. The van der Waals surface area contributed by atoms with Crippen LogP contribution in [0.5, 0.6) is 0 Å². The second-order valence-corrected chi connectivity index (χ2v) is 4.75. The van der Waals surface area contributed by atoms with Crippen molar-refractivity contribution in [2.45, 2.75) is 52.0 Å². The van der Waals surface area contributed by atoms with Crippen LogP contribution in [0.4, 0.5) is 5.69 Å². The average Bonchev–Trinajstić information content (AvgIpc) is 2.45. The number of esters is 1. The zero-order valence-electron chi connectivity index (χ0n) is 12.2. The minimum Gasteiger partial charge on any atom is -0.464 e. The molecule has 0 spiro atoms. The molecule has 1 N–H and O–H groups in total. The van der Waals surface area contributed by atoms with E-state index in [0.29, 0.717) is 6.61 Å². The van der Waals surface area contributed by atoms with Crippen LogP contribution in [0.1, 0.15) is 46.5 Å². The fraction of sp³-hybridized carbons (Fsp3) is 0.562. The van der Waals surface area contributed by atoms with Gasteiger partial charge >= 0.3 is 5.97 Å². The molecule has 0 radical (unpaired) electrons. The molecule has 0 saturated carbocycles. The monoisotopic (exact) mass is 263 g/mol. The summed E-state index contributed by atoms with van der Waals surface area (Å²) in [6, 6.07) is 9.86. The first-order chi connectivity index (χ1) is 9.18. The molecule has 3 heteroatoms. The van der Waals surface area contributed by atoms with Crippen molar-refractivity contribution in [3.63, 3.8) is 0 Å². The van der Waals surface area contributed by atoms with Crippen molar-refractivity contribution in [2.75, 3.05) is 11.9 Å². The Kier molecular flexibility index (Phi) is 6.40. The van der Waals surface area contributed by atoms with Crippen LogP contribution < -0.4 is 5.32 Å². The summed E-state index contributed by atoms with van der Waals surface area (Å²) in [6.07, 6.45) is 3.60. The van der Waals surface area contributed by atoms with E-state index in [2.05, 4.69) is 12.2 Å². The lowest BCUT2D eigenvalue weighted by atomic mass is 9.89. The molecule has 1 atom stereocenters. The third kappa shape index (κ3) is 4.27. The molecular weight excluding hydrogens is 238 g/mol. The number of ether oxygens (including phenoxy) is 1. The van der Waals surface area contributed by atoms with E-state index in [-0.39, 0.29) is 5.97 Å². The van der Waals surface area contributed by atoms with E-state index in [4.69, 9.17) is 4.74 Å². The molecule has 106 valence electrons. The van der Waals surface area contributed by atoms with E-state index in [9.17, 15) is 4.79 Å². The molecule has 0 bridgehead atoms. The van der Waals surface area contributed by atoms with Gasteiger partial charge < -0.3 is 10.1 Å². The Bertz CT molecular complexity index is 378. The van der Waals surface area contributed by atoms with Gasteiger partial charge in [0.2, 0.25) is 0 Å². The molecule has 0 aliphatic carbocycles. The smallest absolute Gasteiger partial charge is 0.331 e. The molecule has 0 fully saturated rings. The SMILES string of the molecule is CCCCC(CC)(Nc1ccccc1)C(=O)OCC. The molecule has 1 aromatic carbocycles. The lowest BCUT2D eigenvalue weighted by Crippen LogP contribution is -2.47. The summed E-state index contributed by atoms with van der Waals surface area (Å²) in [5, 5.41) is 3.39. The van der Waals surface area contributed by atoms with Crippen molar-refractivity contribution in [2.24, 2.45) is 0 Å². The average molecular weight is 263 g/mol. The summed E-state index contributed by atoms with van der Waals surface area (Å²) in [6.45, 7) is 6.43. The number of unbranched alkanes of at least 4 members (excludes halogenated alkanes) is 1. The standard InChI is InChI=1S/C16H25NO2/c1-4-7-13-16(5-2,15(18)19-6-3)17-14-11-9-8-10-12-14/h8-12,17H,4-7,13H2,1-3H3. The Morgan fingerprint density at radius 2 is 1.89 bits per heavy atom. The van der Waals surface area contributed by atoms with Gasteiger partial charge in [0.1, 0.15) is 5.54 Å². The highest BCUT2D eigenvalue weighted by Crippen LogP contribution is 2.26. The van der Waals surface area contributed by atoms with E-state index in [1.165, 1.54) is 0 Å². The molecular formula is C16H25NO2. The normalized spacial score (nSPS) is 13.6. The van der Waals surface area contributed by atoms with Gasteiger partial charge in [0, 0.05) is 5.69 Å². The first kappa shape index (κ1) is 15.5. The Labute approximate surface area is 116 Å². The molecule has 0 amide bonds. The summed E-state index contributed by atoms with van der Waals surface area (Å²) < 4.78 is 5.27. The topological polar surface area (TPSA) is 38.3 Å². The number of anilines is 1. The van der Waals surface area contributed by atoms with Crippen molar-refractivity contribution < 1.29 is 9.53 Å². The van der Waals surface area contributed by atoms with Gasteiger partial charge in [-0.2, -0.15) is 0 Å². The van der Waals surface area contributed by atoms with Crippen LogP contribution in [-0.2, 0) is 9.53 Å². The summed E-state index contributed by atoms with van der Waals surface area (Å²) in [7, 11) is 0. The molecule has 1 aromatic rings. The molecule has 3 nitrogen and oxygen atoms in total. The highest BCUT2D eigenvalue weighted by molar-refractivity contribution is 5.84. The number of benzene rings is 1. The predicted molar refractivity (Wildman–Crippen MR) is 79.2 cm³/mol. The zero-order chi connectivity index (χ0) is 14.1. The van der Waals surface area contributed by atoms with Crippen LogP contribution in [0.25, 0.3) is 0 Å². The second kappa shape index (κ2) is 7.82. The van der Waals surface area contributed by atoms with E-state index >= 15 is 0 Å². The summed E-state index contributed by atoms with van der Waals surface area (Å²) in [4.78, 5) is 12.3. The largest absolute Gasteiger partial charge is 0.464 e.